The summed E-state index contributed by atoms with van der Waals surface area (Å²) in [5.74, 6) is 4.63. The molecule has 0 radical (unpaired) electrons. The van der Waals surface area contributed by atoms with Crippen LogP contribution in [0.25, 0.3) is 106 Å². The number of nitrogens with zero attached hydrogens (tertiary/aromatic N) is 14. The van der Waals surface area contributed by atoms with Gasteiger partial charge in [0.25, 0.3) is 0 Å². The lowest BCUT2D eigenvalue weighted by Crippen LogP contribution is -2.36. The molecule has 0 unspecified atom stereocenters. The summed E-state index contributed by atoms with van der Waals surface area (Å²) in [5, 5.41) is 2.33. The summed E-state index contributed by atoms with van der Waals surface area (Å²) in [5.41, 5.74) is -0.625. The molecule has 492 valence electrons. The normalized spacial score (nSPS) is 14.3. The topological polar surface area (TPSA) is 154 Å². The van der Waals surface area contributed by atoms with Crippen molar-refractivity contribution >= 4 is 72.2 Å². The van der Waals surface area contributed by atoms with Crippen LogP contribution in [0, 0.1) is 41.5 Å². The second-order valence-corrected chi connectivity index (χ2v) is 23.8. The largest absolute Gasteiger partial charge is 0.416 e. The van der Waals surface area contributed by atoms with Crippen molar-refractivity contribution < 1.29 is 52.7 Å². The summed E-state index contributed by atoms with van der Waals surface area (Å²) in [6.45, 7) is 13.9. The number of alkyl halides is 12. The van der Waals surface area contributed by atoms with Crippen LogP contribution < -0.4 is 4.90 Å². The van der Waals surface area contributed by atoms with Gasteiger partial charge >= 0.3 is 24.7 Å². The number of anilines is 1. The highest BCUT2D eigenvalue weighted by Crippen LogP contribution is 2.47. The second kappa shape index (κ2) is 23.2. The highest BCUT2D eigenvalue weighted by atomic mass is 19.4. The molecule has 98 heavy (non-hydrogen) atoms. The number of aliphatic imine (C=N–C) groups is 2. The standard InChI is InChI=1S/C72H50F12N14/c1-34-85-35(2)89-65(88-34)44-15-21-61(57(28-44)67-92-38(5)87-39(6)93-67)98-60-20-14-42(46-23-48(69(73,74)75)31-49(24-46)70(76,77)78)27-56(60)55-19-17-52(33-64(55)98)96-40(7)94-68(95-41(96)8)58-29-45(66-90-36(3)86-37(4)91-66)16-22-62(58)97-59-12-10-9-11-53(59)54-18-13-43(30-63(54)97)47-25-50(71(79,80)81)32-51(26-47)72(82,83)84/h9-28,30-33H,29H2,1-8H3. The Labute approximate surface area is 548 Å². The van der Waals surface area contributed by atoms with Gasteiger partial charge in [0, 0.05) is 50.2 Å². The molecular formula is C72H50F12N14. The number of hydrogen-bond donors (Lipinski definition) is 0. The Hall–Kier alpha value is -11.3. The van der Waals surface area contributed by atoms with Gasteiger partial charge in [-0.05, 0) is 175 Å². The van der Waals surface area contributed by atoms with Gasteiger partial charge in [0.1, 0.15) is 46.6 Å². The van der Waals surface area contributed by atoms with Gasteiger partial charge in [-0.15, -0.1) is 0 Å². The number of aryl methyl sites for hydroxylation is 6. The van der Waals surface area contributed by atoms with E-state index in [0.717, 1.165) is 5.39 Å². The van der Waals surface area contributed by atoms with Crippen LogP contribution in [-0.2, 0) is 24.7 Å². The van der Waals surface area contributed by atoms with E-state index in [0.29, 0.717) is 160 Å². The molecule has 0 fully saturated rings. The maximum absolute atomic E-state index is 14.4. The van der Waals surface area contributed by atoms with Crippen molar-refractivity contribution in [2.75, 3.05) is 4.90 Å². The van der Waals surface area contributed by atoms with Crippen molar-refractivity contribution in [2.45, 2.75) is 86.5 Å². The first-order valence-corrected chi connectivity index (χ1v) is 30.3. The van der Waals surface area contributed by atoms with Crippen molar-refractivity contribution in [1.29, 1.82) is 0 Å². The predicted molar refractivity (Wildman–Crippen MR) is 350 cm³/mol. The number of fused-ring (bicyclic) bond motifs is 6. The van der Waals surface area contributed by atoms with Crippen molar-refractivity contribution in [2.24, 2.45) is 9.98 Å². The Kier molecular flexibility index (Phi) is 15.2. The zero-order chi connectivity index (χ0) is 69.4. The Balaban J connectivity index is 0.969. The number of aromatic nitrogens is 11. The van der Waals surface area contributed by atoms with E-state index in [1.807, 2.05) is 57.7 Å². The van der Waals surface area contributed by atoms with E-state index in [4.69, 9.17) is 20.0 Å². The number of hydrogen-bond acceptors (Lipinski definition) is 12. The third-order valence-corrected chi connectivity index (χ3v) is 16.9. The SMILES string of the molecule is CC1=NC(=C2CC(c3nc(C)nc(C)n3)=CC=C2n2c3ccccc3c3ccc(-c4cc(C(F)(F)F)cc(C(F)(F)F)c4)cc32)N=C(C)N1c1ccc2c3cc(-c4cc(C(F)(F)F)cc(C(F)(F)F)c4)ccc3n(-c3ccc(-c4nc(C)nc(C)n4)cc3-c3nc(C)nc(C)n3)c2c1. The van der Waals surface area contributed by atoms with E-state index in [1.54, 1.807) is 109 Å². The Bertz CT molecular complexity index is 5400. The van der Waals surface area contributed by atoms with Crippen molar-refractivity contribution in [1.82, 2.24) is 54.0 Å². The molecule has 0 saturated heterocycles. The van der Waals surface area contributed by atoms with Crippen LogP contribution in [0.15, 0.2) is 167 Å². The molecule has 1 aliphatic heterocycles. The fourth-order valence-corrected chi connectivity index (χ4v) is 12.9. The maximum atomic E-state index is 14.4. The van der Waals surface area contributed by atoms with Crippen molar-refractivity contribution in [3.05, 3.63) is 220 Å². The minimum absolute atomic E-state index is 0.0612. The molecule has 0 amide bonds. The molecule has 0 spiro atoms. The van der Waals surface area contributed by atoms with Crippen LogP contribution in [0.1, 0.15) is 83.3 Å². The van der Waals surface area contributed by atoms with Crippen LogP contribution in [0.4, 0.5) is 58.4 Å². The summed E-state index contributed by atoms with van der Waals surface area (Å²) in [7, 11) is 0. The Morgan fingerprint density at radius 2 is 0.796 bits per heavy atom. The number of para-hydroxylation sites is 1. The molecule has 2 aliphatic rings. The van der Waals surface area contributed by atoms with E-state index in [1.165, 1.54) is 12.1 Å². The van der Waals surface area contributed by atoms with Gasteiger partial charge in [-0.25, -0.2) is 54.8 Å². The minimum atomic E-state index is -5.12. The van der Waals surface area contributed by atoms with Gasteiger partial charge in [-0.2, -0.15) is 52.7 Å². The van der Waals surface area contributed by atoms with Gasteiger partial charge < -0.3 is 9.13 Å². The fourth-order valence-electron chi connectivity index (χ4n) is 12.9. The van der Waals surface area contributed by atoms with E-state index in [2.05, 4.69) is 34.9 Å². The molecule has 14 rings (SSSR count). The minimum Gasteiger partial charge on any atom is -0.309 e. The molecule has 1 aliphatic carbocycles. The van der Waals surface area contributed by atoms with Gasteiger partial charge in [0.15, 0.2) is 23.3 Å². The zero-order valence-corrected chi connectivity index (χ0v) is 52.9. The van der Waals surface area contributed by atoms with Gasteiger partial charge in [-0.3, -0.25) is 4.90 Å². The molecule has 7 aromatic carbocycles. The molecular weight excluding hydrogens is 1290 g/mol. The monoisotopic (exact) mass is 1340 g/mol. The van der Waals surface area contributed by atoms with Crippen LogP contribution in [-0.4, -0.2) is 65.7 Å². The lowest BCUT2D eigenvalue weighted by atomic mass is 9.95. The average molecular weight is 1340 g/mol. The molecule has 14 nitrogen and oxygen atoms in total. The molecule has 0 N–H and O–H groups in total. The van der Waals surface area contributed by atoms with Crippen molar-refractivity contribution in [3.8, 4) is 50.7 Å². The predicted octanol–water partition coefficient (Wildman–Crippen LogP) is 18.9. The third kappa shape index (κ3) is 11.7. The first-order chi connectivity index (χ1) is 46.3. The summed E-state index contributed by atoms with van der Waals surface area (Å²) >= 11 is 0. The number of rotatable bonds is 8. The van der Waals surface area contributed by atoms with E-state index in [-0.39, 0.29) is 52.5 Å². The van der Waals surface area contributed by atoms with Crippen molar-refractivity contribution in [3.63, 3.8) is 0 Å². The van der Waals surface area contributed by atoms with E-state index >= 15 is 0 Å². The van der Waals surface area contributed by atoms with E-state index < -0.39 is 47.0 Å². The highest BCUT2D eigenvalue weighted by Gasteiger charge is 2.39. The lowest BCUT2D eigenvalue weighted by molar-refractivity contribution is -0.144. The molecule has 12 aromatic rings. The van der Waals surface area contributed by atoms with Gasteiger partial charge in [-0.1, -0.05) is 48.5 Å². The quantitative estimate of drug-likeness (QED) is 0.134. The molecule has 5 aromatic heterocycles. The van der Waals surface area contributed by atoms with Crippen LogP contribution in [0.3, 0.4) is 0 Å². The summed E-state index contributed by atoms with van der Waals surface area (Å²) in [4.78, 5) is 53.6. The average Bonchev–Trinajstić information content (AvgIpc) is 1.68. The number of allylic oxidation sites excluding steroid dienone is 5. The van der Waals surface area contributed by atoms with Gasteiger partial charge in [0.05, 0.1) is 61.4 Å². The third-order valence-electron chi connectivity index (χ3n) is 16.9. The van der Waals surface area contributed by atoms with E-state index in [9.17, 15) is 52.7 Å². The Morgan fingerprint density at radius 3 is 1.35 bits per heavy atom. The lowest BCUT2D eigenvalue weighted by Gasteiger charge is -2.29. The highest BCUT2D eigenvalue weighted by molar-refractivity contribution is 6.21. The Morgan fingerprint density at radius 1 is 0.347 bits per heavy atom. The fraction of sp³-hybridized carbons (Fsp3) is 0.181. The molecule has 0 saturated carbocycles. The molecule has 0 atom stereocenters. The number of benzene rings is 7. The summed E-state index contributed by atoms with van der Waals surface area (Å²) < 4.78 is 176. The summed E-state index contributed by atoms with van der Waals surface area (Å²) in [6.07, 6.45) is -16.7. The van der Waals surface area contributed by atoms with Gasteiger partial charge in [0.2, 0.25) is 0 Å². The van der Waals surface area contributed by atoms with Crippen LogP contribution in [0.5, 0.6) is 0 Å². The molecule has 0 bridgehead atoms. The number of halogens is 12. The molecule has 6 heterocycles. The van der Waals surface area contributed by atoms with Crippen LogP contribution in [0.2, 0.25) is 0 Å². The smallest absolute Gasteiger partial charge is 0.309 e. The summed E-state index contributed by atoms with van der Waals surface area (Å²) in [6, 6.07) is 30.5. The second-order valence-electron chi connectivity index (χ2n) is 23.8. The zero-order valence-electron chi connectivity index (χ0n) is 52.9. The maximum Gasteiger partial charge on any atom is 0.416 e. The van der Waals surface area contributed by atoms with Crippen LogP contribution >= 0.6 is 0 Å². The number of amidine groups is 2. The first-order valence-electron chi connectivity index (χ1n) is 30.3. The first kappa shape index (κ1) is 64.1. The molecule has 26 heteroatoms.